The summed E-state index contributed by atoms with van der Waals surface area (Å²) in [6.45, 7) is 0.985. The lowest BCUT2D eigenvalue weighted by molar-refractivity contribution is -0.137. The number of benzene rings is 1. The van der Waals surface area contributed by atoms with Crippen molar-refractivity contribution in [1.29, 1.82) is 0 Å². The van der Waals surface area contributed by atoms with Gasteiger partial charge in [0.1, 0.15) is 6.54 Å². The molecule has 3 heterocycles. The molecule has 1 aromatic carbocycles. The quantitative estimate of drug-likeness (QED) is 0.849. The first kappa shape index (κ1) is 16.5. The van der Waals surface area contributed by atoms with Gasteiger partial charge >= 0.3 is 6.03 Å². The monoisotopic (exact) mass is 352 g/mol. The van der Waals surface area contributed by atoms with Gasteiger partial charge in [0.2, 0.25) is 5.91 Å². The maximum absolute atomic E-state index is 12.6. The highest BCUT2D eigenvalue weighted by Gasteiger charge is 2.33. The molecule has 0 bridgehead atoms. The van der Waals surface area contributed by atoms with Gasteiger partial charge in [0, 0.05) is 36.3 Å². The molecule has 26 heavy (non-hydrogen) atoms. The summed E-state index contributed by atoms with van der Waals surface area (Å²) in [6, 6.07) is 9.67. The number of carbonyl (C=O) groups is 3. The topological polar surface area (TPSA) is 82.6 Å². The predicted molar refractivity (Wildman–Crippen MR) is 95.4 cm³/mol. The van der Waals surface area contributed by atoms with Crippen molar-refractivity contribution in [2.24, 2.45) is 0 Å². The van der Waals surface area contributed by atoms with Gasteiger partial charge in [-0.1, -0.05) is 24.3 Å². The fraction of sp³-hybridized carbons (Fsp3) is 0.368. The van der Waals surface area contributed by atoms with E-state index in [9.17, 15) is 14.4 Å². The van der Waals surface area contributed by atoms with Crippen molar-refractivity contribution in [2.45, 2.75) is 18.8 Å². The molecule has 0 saturated carbocycles. The Balaban J connectivity index is 1.47. The number of fused-ring (bicyclic) bond motifs is 1. The molecule has 2 saturated heterocycles. The number of hydrogen-bond acceptors (Lipinski definition) is 4. The van der Waals surface area contributed by atoms with E-state index < -0.39 is 6.03 Å². The van der Waals surface area contributed by atoms with Crippen molar-refractivity contribution >= 4 is 28.6 Å². The van der Waals surface area contributed by atoms with Crippen LogP contribution in [0.4, 0.5) is 4.79 Å². The zero-order chi connectivity index (χ0) is 18.1. The first-order valence-corrected chi connectivity index (χ1v) is 8.82. The van der Waals surface area contributed by atoms with Crippen LogP contribution in [-0.2, 0) is 9.59 Å². The van der Waals surface area contributed by atoms with Crippen molar-refractivity contribution in [3.63, 3.8) is 0 Å². The average Bonchev–Trinajstić information content (AvgIpc) is 2.99. The number of hydrogen-bond donors (Lipinski definition) is 1. The second-order valence-corrected chi connectivity index (χ2v) is 6.77. The lowest BCUT2D eigenvalue weighted by Gasteiger charge is -2.33. The molecule has 7 heteroatoms. The fourth-order valence-corrected chi connectivity index (χ4v) is 3.62. The number of carbonyl (C=O) groups excluding carboxylic acids is 3. The van der Waals surface area contributed by atoms with E-state index in [1.807, 2.05) is 24.4 Å². The lowest BCUT2D eigenvalue weighted by atomic mass is 9.93. The molecule has 134 valence electrons. The number of pyridine rings is 1. The highest BCUT2D eigenvalue weighted by atomic mass is 16.2. The molecule has 1 unspecified atom stereocenters. The molecule has 4 amide bonds. The largest absolute Gasteiger partial charge is 0.340 e. The summed E-state index contributed by atoms with van der Waals surface area (Å²) in [6.07, 6.45) is 3.72. The Hall–Kier alpha value is -2.96. The molecule has 2 aliphatic rings. The number of imide groups is 1. The van der Waals surface area contributed by atoms with E-state index in [0.717, 1.165) is 34.2 Å². The molecule has 1 aromatic heterocycles. The van der Waals surface area contributed by atoms with Crippen LogP contribution in [0.1, 0.15) is 24.5 Å². The van der Waals surface area contributed by atoms with E-state index in [0.29, 0.717) is 13.1 Å². The van der Waals surface area contributed by atoms with Gasteiger partial charge in [0.05, 0.1) is 6.54 Å². The van der Waals surface area contributed by atoms with Crippen molar-refractivity contribution < 1.29 is 14.4 Å². The number of aromatic nitrogens is 1. The average molecular weight is 352 g/mol. The van der Waals surface area contributed by atoms with Crippen LogP contribution in [0.2, 0.25) is 0 Å². The summed E-state index contributed by atoms with van der Waals surface area (Å²) in [5, 5.41) is 4.67. The van der Waals surface area contributed by atoms with Gasteiger partial charge in [-0.05, 0) is 24.3 Å². The molecular formula is C19H20N4O3. The van der Waals surface area contributed by atoms with Crippen LogP contribution in [0.3, 0.4) is 0 Å². The van der Waals surface area contributed by atoms with E-state index >= 15 is 0 Å². The highest BCUT2D eigenvalue weighted by Crippen LogP contribution is 2.27. The number of nitrogens with one attached hydrogen (secondary N) is 1. The zero-order valence-corrected chi connectivity index (χ0v) is 14.4. The van der Waals surface area contributed by atoms with Gasteiger partial charge in [0.25, 0.3) is 5.91 Å². The molecule has 0 aliphatic carbocycles. The molecule has 4 rings (SSSR count). The Kier molecular flexibility index (Phi) is 4.28. The normalized spacial score (nSPS) is 20.5. The molecular weight excluding hydrogens is 332 g/mol. The van der Waals surface area contributed by atoms with Crippen molar-refractivity contribution in [1.82, 2.24) is 20.1 Å². The van der Waals surface area contributed by atoms with Crippen LogP contribution in [0, 0.1) is 0 Å². The predicted octanol–water partition coefficient (Wildman–Crippen LogP) is 1.49. The standard InChI is InChI=1S/C19H20N4O3/c24-17-10-21-19(26)23(17)12-18(25)22-7-3-6-15(11-22)16-8-13-4-1-2-5-14(13)9-20-16/h1-2,4-5,8-9,15H,3,6-7,10-12H2,(H,21,26). The van der Waals surface area contributed by atoms with Gasteiger partial charge in [0.15, 0.2) is 0 Å². The summed E-state index contributed by atoms with van der Waals surface area (Å²) >= 11 is 0. The molecule has 2 aromatic rings. The summed E-state index contributed by atoms with van der Waals surface area (Å²) < 4.78 is 0. The maximum Gasteiger partial charge on any atom is 0.325 e. The van der Waals surface area contributed by atoms with Gasteiger partial charge < -0.3 is 10.2 Å². The third-order valence-electron chi connectivity index (χ3n) is 5.07. The molecule has 2 aliphatic heterocycles. The van der Waals surface area contributed by atoms with Crippen LogP contribution in [-0.4, -0.2) is 58.8 Å². The minimum Gasteiger partial charge on any atom is -0.340 e. The Morgan fingerprint density at radius 1 is 1.23 bits per heavy atom. The van der Waals surface area contributed by atoms with Crippen molar-refractivity contribution in [3.05, 3.63) is 42.2 Å². The summed E-state index contributed by atoms with van der Waals surface area (Å²) in [5.74, 6) is -0.380. The van der Waals surface area contributed by atoms with Gasteiger partial charge in [-0.15, -0.1) is 0 Å². The molecule has 0 radical (unpaired) electrons. The second kappa shape index (κ2) is 6.74. The highest BCUT2D eigenvalue weighted by molar-refractivity contribution is 6.04. The van der Waals surface area contributed by atoms with Crippen molar-refractivity contribution in [3.8, 4) is 0 Å². The van der Waals surface area contributed by atoms with E-state index in [4.69, 9.17) is 0 Å². The fourth-order valence-electron chi connectivity index (χ4n) is 3.62. The summed E-state index contributed by atoms with van der Waals surface area (Å²) in [7, 11) is 0. The smallest absolute Gasteiger partial charge is 0.325 e. The van der Waals surface area contributed by atoms with E-state index in [-0.39, 0.29) is 30.8 Å². The van der Waals surface area contributed by atoms with Crippen LogP contribution in [0.5, 0.6) is 0 Å². The molecule has 7 nitrogen and oxygen atoms in total. The van der Waals surface area contributed by atoms with Crippen LogP contribution < -0.4 is 5.32 Å². The Labute approximate surface area is 151 Å². The number of piperidine rings is 1. The lowest BCUT2D eigenvalue weighted by Crippen LogP contribution is -2.46. The van der Waals surface area contributed by atoms with Gasteiger partial charge in [-0.25, -0.2) is 4.79 Å². The third-order valence-corrected chi connectivity index (χ3v) is 5.07. The van der Waals surface area contributed by atoms with Crippen LogP contribution >= 0.6 is 0 Å². The van der Waals surface area contributed by atoms with E-state index in [1.54, 1.807) is 4.90 Å². The second-order valence-electron chi connectivity index (χ2n) is 6.77. The molecule has 1 N–H and O–H groups in total. The SMILES string of the molecule is O=C(CN1C(=O)CNC1=O)N1CCCC(c2cc3ccccc3cn2)C1. The van der Waals surface area contributed by atoms with Gasteiger partial charge in [-0.3, -0.25) is 19.5 Å². The Bertz CT molecular complexity index is 866. The summed E-state index contributed by atoms with van der Waals surface area (Å²) in [5.41, 5.74) is 0.983. The van der Waals surface area contributed by atoms with Gasteiger partial charge in [-0.2, -0.15) is 0 Å². The number of urea groups is 1. The Morgan fingerprint density at radius 3 is 2.81 bits per heavy atom. The number of rotatable bonds is 3. The molecule has 2 fully saturated rings. The zero-order valence-electron chi connectivity index (χ0n) is 14.4. The van der Waals surface area contributed by atoms with E-state index in [2.05, 4.69) is 22.4 Å². The first-order valence-electron chi connectivity index (χ1n) is 8.82. The van der Waals surface area contributed by atoms with Crippen LogP contribution in [0.25, 0.3) is 10.8 Å². The first-order chi connectivity index (χ1) is 12.6. The number of amides is 4. The van der Waals surface area contributed by atoms with Crippen LogP contribution in [0.15, 0.2) is 36.5 Å². The minimum atomic E-state index is -0.492. The number of nitrogens with zero attached hydrogens (tertiary/aromatic N) is 3. The number of likely N-dealkylation sites (tertiary alicyclic amines) is 1. The van der Waals surface area contributed by atoms with Crippen molar-refractivity contribution in [2.75, 3.05) is 26.2 Å². The minimum absolute atomic E-state index is 0.0320. The summed E-state index contributed by atoms with van der Waals surface area (Å²) in [4.78, 5) is 43.2. The maximum atomic E-state index is 12.6. The van der Waals surface area contributed by atoms with E-state index in [1.165, 1.54) is 0 Å². The molecule has 0 spiro atoms. The Morgan fingerprint density at radius 2 is 2.04 bits per heavy atom. The molecule has 1 atom stereocenters. The third kappa shape index (κ3) is 3.12.